The van der Waals surface area contributed by atoms with Crippen LogP contribution in [0.25, 0.3) is 5.57 Å². The molecule has 7 nitrogen and oxygen atoms in total. The van der Waals surface area contributed by atoms with Crippen molar-refractivity contribution in [3.63, 3.8) is 0 Å². The lowest BCUT2D eigenvalue weighted by molar-refractivity contribution is -0.144. The van der Waals surface area contributed by atoms with Crippen LogP contribution in [-0.4, -0.2) is 74.7 Å². The lowest BCUT2D eigenvalue weighted by Gasteiger charge is -2.37. The van der Waals surface area contributed by atoms with Gasteiger partial charge in [-0.25, -0.2) is 18.6 Å². The number of allylic oxidation sites excluding steroid dienone is 3. The molecule has 11 heteroatoms. The van der Waals surface area contributed by atoms with Gasteiger partial charge in [-0.1, -0.05) is 41.4 Å². The van der Waals surface area contributed by atoms with Gasteiger partial charge in [0.25, 0.3) is 5.92 Å². The number of hydrogen-bond acceptors (Lipinski definition) is 3. The lowest BCUT2D eigenvalue weighted by atomic mass is 9.79. The van der Waals surface area contributed by atoms with E-state index in [0.29, 0.717) is 41.7 Å². The summed E-state index contributed by atoms with van der Waals surface area (Å²) in [6, 6.07) is 3.82. The summed E-state index contributed by atoms with van der Waals surface area (Å²) in [6.07, 6.45) is 9.81. The van der Waals surface area contributed by atoms with Gasteiger partial charge in [0.1, 0.15) is 0 Å². The van der Waals surface area contributed by atoms with Crippen molar-refractivity contribution in [1.82, 2.24) is 24.7 Å². The van der Waals surface area contributed by atoms with Crippen LogP contribution >= 0.6 is 23.2 Å². The minimum Gasteiger partial charge on any atom is -0.348 e. The molecule has 6 rings (SSSR count). The maximum Gasteiger partial charge on any atom is 0.320 e. The van der Waals surface area contributed by atoms with Crippen LogP contribution in [0.4, 0.5) is 13.6 Å². The van der Waals surface area contributed by atoms with Crippen LogP contribution in [0.1, 0.15) is 55.1 Å². The van der Waals surface area contributed by atoms with Gasteiger partial charge in [0.15, 0.2) is 0 Å². The molecule has 2 unspecified atom stereocenters. The molecule has 41 heavy (non-hydrogen) atoms. The van der Waals surface area contributed by atoms with E-state index in [-0.39, 0.29) is 43.9 Å². The van der Waals surface area contributed by atoms with Gasteiger partial charge in [0.2, 0.25) is 5.91 Å². The normalized spacial score (nSPS) is 25.9. The number of aromatic amines is 1. The Morgan fingerprint density at radius 1 is 1.15 bits per heavy atom. The molecule has 3 amide bonds. The second-order valence-corrected chi connectivity index (χ2v) is 12.6. The molecule has 2 fully saturated rings. The molecule has 1 aromatic carbocycles. The fraction of sp³-hybridized carbons (Fsp3) is 0.500. The highest BCUT2D eigenvalue weighted by molar-refractivity contribution is 6.36. The number of amides is 3. The van der Waals surface area contributed by atoms with Crippen molar-refractivity contribution in [3.8, 4) is 0 Å². The summed E-state index contributed by atoms with van der Waals surface area (Å²) in [5.41, 5.74) is 3.82. The number of H-pyrrole nitrogens is 1. The van der Waals surface area contributed by atoms with Crippen LogP contribution in [0.3, 0.4) is 0 Å². The fourth-order valence-electron chi connectivity index (χ4n) is 6.35. The number of rotatable bonds is 5. The second-order valence-electron chi connectivity index (χ2n) is 11.8. The van der Waals surface area contributed by atoms with Crippen LogP contribution in [0, 0.1) is 5.41 Å². The minimum absolute atomic E-state index is 0.00604. The number of carbonyl (C=O) groups is 2. The average Bonchev–Trinajstić information content (AvgIpc) is 3.56. The van der Waals surface area contributed by atoms with Gasteiger partial charge in [0, 0.05) is 72.8 Å². The molecule has 1 aromatic heterocycles. The number of alkyl halides is 2. The Balaban J connectivity index is 1.10. The first kappa shape index (κ1) is 28.2. The Morgan fingerprint density at radius 3 is 2.56 bits per heavy atom. The number of aryl methyl sites for hydroxylation is 1. The maximum atomic E-state index is 13.6. The van der Waals surface area contributed by atoms with Gasteiger partial charge in [-0.2, -0.15) is 0 Å². The number of likely N-dealkylation sites (tertiary alicyclic amines) is 1. The monoisotopic (exact) mass is 603 g/mol. The molecular formula is C30H33Cl2F2N5O2. The van der Waals surface area contributed by atoms with Crippen molar-refractivity contribution in [2.75, 3.05) is 26.2 Å². The summed E-state index contributed by atoms with van der Waals surface area (Å²) >= 11 is 13.4. The number of nitrogens with zero attached hydrogens (tertiary/aromatic N) is 4. The molecule has 0 saturated carbocycles. The molecule has 2 saturated heterocycles. The molecule has 218 valence electrons. The van der Waals surface area contributed by atoms with E-state index >= 15 is 0 Å². The molecule has 4 aliphatic rings. The van der Waals surface area contributed by atoms with Crippen LogP contribution in [-0.2, 0) is 24.2 Å². The van der Waals surface area contributed by atoms with E-state index in [1.807, 2.05) is 42.2 Å². The van der Waals surface area contributed by atoms with Crippen molar-refractivity contribution in [2.24, 2.45) is 5.41 Å². The number of aromatic nitrogens is 2. The zero-order chi connectivity index (χ0) is 28.9. The zero-order valence-corrected chi connectivity index (χ0v) is 24.4. The number of hydrogen-bond donors (Lipinski definition) is 1. The summed E-state index contributed by atoms with van der Waals surface area (Å²) in [5.74, 6) is -2.83. The number of benzene rings is 1. The Hall–Kier alpha value is -2.91. The molecule has 0 spiro atoms. The molecular weight excluding hydrogens is 571 g/mol. The quantitative estimate of drug-likeness (QED) is 0.447. The van der Waals surface area contributed by atoms with E-state index < -0.39 is 11.3 Å². The van der Waals surface area contributed by atoms with Crippen molar-refractivity contribution < 1.29 is 18.4 Å². The van der Waals surface area contributed by atoms with E-state index in [4.69, 9.17) is 23.2 Å². The summed E-state index contributed by atoms with van der Waals surface area (Å²) in [5, 5.41) is 0.956. The average molecular weight is 605 g/mol. The zero-order valence-electron chi connectivity index (χ0n) is 22.9. The van der Waals surface area contributed by atoms with E-state index in [1.165, 1.54) is 0 Å². The summed E-state index contributed by atoms with van der Waals surface area (Å²) < 4.78 is 27.1. The number of nitrogens with one attached hydrogen (secondary N) is 1. The van der Waals surface area contributed by atoms with Gasteiger partial charge in [-0.05, 0) is 49.5 Å². The van der Waals surface area contributed by atoms with Gasteiger partial charge < -0.3 is 19.7 Å². The Labute approximate surface area is 248 Å². The number of carbonyl (C=O) groups excluding carboxylic acids is 2. The van der Waals surface area contributed by atoms with E-state index in [0.717, 1.165) is 41.8 Å². The molecule has 3 heterocycles. The third-order valence-corrected chi connectivity index (χ3v) is 9.67. The van der Waals surface area contributed by atoms with Crippen molar-refractivity contribution in [3.05, 3.63) is 69.2 Å². The third-order valence-electron chi connectivity index (χ3n) is 9.00. The second kappa shape index (κ2) is 10.7. The van der Waals surface area contributed by atoms with Gasteiger partial charge in [-0.15, -0.1) is 0 Å². The number of urea groups is 1. The number of piperidine rings is 1. The van der Waals surface area contributed by atoms with Crippen molar-refractivity contribution >= 4 is 40.7 Å². The van der Waals surface area contributed by atoms with Gasteiger partial charge >= 0.3 is 6.03 Å². The highest BCUT2D eigenvalue weighted by atomic mass is 35.5. The number of fused-ring (bicyclic) bond motifs is 1. The number of halogens is 4. The third kappa shape index (κ3) is 5.50. The predicted octanol–water partition coefficient (Wildman–Crippen LogP) is 6.12. The molecule has 0 bridgehead atoms. The summed E-state index contributed by atoms with van der Waals surface area (Å²) in [7, 11) is 0. The highest BCUT2D eigenvalue weighted by Crippen LogP contribution is 2.39. The van der Waals surface area contributed by atoms with Crippen LogP contribution in [0.2, 0.25) is 10.0 Å². The van der Waals surface area contributed by atoms with E-state index in [1.54, 1.807) is 16.1 Å². The van der Waals surface area contributed by atoms with E-state index in [2.05, 4.69) is 9.97 Å². The first-order valence-corrected chi connectivity index (χ1v) is 14.9. The van der Waals surface area contributed by atoms with Crippen molar-refractivity contribution in [1.29, 1.82) is 0 Å². The standard InChI is InChI=1S/C30H33Cl2F2N5O2/c1-29(27(40)37-10-8-30(33,34)9-11-37)6-4-19(5-7-29)20-14-23(31)22(24(32)15-20)17-38-12-13-39(28(38)41)21-2-3-25-26(16-21)36-18-35-25/h4-6,14-15,18,21H,2-3,7-13,16-17H2,1H3,(H,35,36). The smallest absolute Gasteiger partial charge is 0.320 e. The lowest BCUT2D eigenvalue weighted by Crippen LogP contribution is -2.48. The van der Waals surface area contributed by atoms with E-state index in [9.17, 15) is 18.4 Å². The van der Waals surface area contributed by atoms with Crippen molar-refractivity contribution in [2.45, 2.75) is 64.0 Å². The fourth-order valence-corrected chi connectivity index (χ4v) is 6.96. The van der Waals surface area contributed by atoms with Crippen LogP contribution in [0.5, 0.6) is 0 Å². The summed E-state index contributed by atoms with van der Waals surface area (Å²) in [6.45, 7) is 3.57. The molecule has 2 atom stereocenters. The predicted molar refractivity (Wildman–Crippen MR) is 154 cm³/mol. The molecule has 2 aliphatic heterocycles. The Bertz CT molecular complexity index is 1410. The first-order chi connectivity index (χ1) is 19.5. The van der Waals surface area contributed by atoms with Crippen LogP contribution in [0.15, 0.2) is 36.7 Å². The maximum absolute atomic E-state index is 13.6. The highest BCUT2D eigenvalue weighted by Gasteiger charge is 2.41. The largest absolute Gasteiger partial charge is 0.348 e. The number of imidazole rings is 1. The molecule has 0 radical (unpaired) electrons. The first-order valence-electron chi connectivity index (χ1n) is 14.1. The van der Waals surface area contributed by atoms with Crippen LogP contribution < -0.4 is 0 Å². The van der Waals surface area contributed by atoms with Gasteiger partial charge in [0.05, 0.1) is 24.0 Å². The Kier molecular flexibility index (Phi) is 7.39. The van der Waals surface area contributed by atoms with Gasteiger partial charge in [-0.3, -0.25) is 4.79 Å². The molecule has 2 aliphatic carbocycles. The Morgan fingerprint density at radius 2 is 1.88 bits per heavy atom. The molecule has 1 N–H and O–H groups in total. The topological polar surface area (TPSA) is 72.5 Å². The summed E-state index contributed by atoms with van der Waals surface area (Å²) in [4.78, 5) is 39.3. The minimum atomic E-state index is -2.69. The SMILES string of the molecule is CC1(C(=O)N2CCC(F)(F)CC2)C=CC(c2cc(Cl)c(CN3CCN(C4CCc5nc[nH]c5C4)C3=O)c(Cl)c2)=CC1. The molecule has 2 aromatic rings.